The number of nitrogens with zero attached hydrogens (tertiary/aromatic N) is 1. The average Bonchev–Trinajstić information content (AvgIpc) is 2.86. The molecule has 1 heterocycles. The average molecular weight is 283 g/mol. The number of halogens is 1. The number of hydrogen-bond acceptors (Lipinski definition) is 3. The van der Waals surface area contributed by atoms with Gasteiger partial charge >= 0.3 is 0 Å². The molecule has 0 bridgehead atoms. The molecule has 1 unspecified atom stereocenters. The molecule has 1 aliphatic carbocycles. The van der Waals surface area contributed by atoms with Crippen LogP contribution in [-0.4, -0.2) is 44.2 Å². The van der Waals surface area contributed by atoms with Crippen molar-refractivity contribution in [1.29, 1.82) is 0 Å². The quantitative estimate of drug-likeness (QED) is 0.797. The molecule has 102 valence electrons. The summed E-state index contributed by atoms with van der Waals surface area (Å²) in [5.41, 5.74) is 0. The molecule has 2 fully saturated rings. The van der Waals surface area contributed by atoms with E-state index >= 15 is 0 Å². The van der Waals surface area contributed by atoms with Crippen molar-refractivity contribution in [1.82, 2.24) is 9.62 Å². The minimum absolute atomic E-state index is 0. The van der Waals surface area contributed by atoms with E-state index in [0.29, 0.717) is 18.2 Å². The fourth-order valence-corrected chi connectivity index (χ4v) is 4.55. The lowest BCUT2D eigenvalue weighted by molar-refractivity contribution is 0.334. The molecule has 1 aliphatic heterocycles. The molecule has 4 nitrogen and oxygen atoms in total. The molecule has 0 aromatic carbocycles. The maximum Gasteiger partial charge on any atom is 0.214 e. The third kappa shape index (κ3) is 4.09. The molecular formula is C11H23ClN2O2S. The van der Waals surface area contributed by atoms with Gasteiger partial charge in [0.25, 0.3) is 0 Å². The molecule has 0 aromatic heterocycles. The van der Waals surface area contributed by atoms with Crippen molar-refractivity contribution in [2.24, 2.45) is 5.92 Å². The Labute approximate surface area is 111 Å². The zero-order chi connectivity index (χ0) is 11.6. The monoisotopic (exact) mass is 282 g/mol. The lowest BCUT2D eigenvalue weighted by atomic mass is 10.2. The fraction of sp³-hybridized carbons (Fsp3) is 1.00. The zero-order valence-corrected chi connectivity index (χ0v) is 12.0. The maximum atomic E-state index is 12.3. The first-order chi connectivity index (χ1) is 7.63. The smallest absolute Gasteiger partial charge is 0.214 e. The number of sulfonamides is 1. The number of rotatable bonds is 6. The molecule has 2 aliphatic rings. The van der Waals surface area contributed by atoms with Crippen LogP contribution in [0.3, 0.4) is 0 Å². The molecule has 1 atom stereocenters. The Morgan fingerprint density at radius 1 is 1.29 bits per heavy atom. The Bertz CT molecular complexity index is 324. The summed E-state index contributed by atoms with van der Waals surface area (Å²) in [6, 6.07) is 0.198. The molecule has 1 saturated heterocycles. The van der Waals surface area contributed by atoms with Crippen LogP contribution in [0.4, 0.5) is 0 Å². The van der Waals surface area contributed by atoms with E-state index in [1.54, 1.807) is 4.31 Å². The molecule has 17 heavy (non-hydrogen) atoms. The van der Waals surface area contributed by atoms with E-state index in [0.717, 1.165) is 38.8 Å². The summed E-state index contributed by atoms with van der Waals surface area (Å²) < 4.78 is 26.3. The molecule has 0 aromatic rings. The lowest BCUT2D eigenvalue weighted by Crippen LogP contribution is -2.43. The predicted molar refractivity (Wildman–Crippen MR) is 72.0 cm³/mol. The van der Waals surface area contributed by atoms with Gasteiger partial charge in [0.1, 0.15) is 0 Å². The van der Waals surface area contributed by atoms with Gasteiger partial charge < -0.3 is 5.32 Å². The van der Waals surface area contributed by atoms with E-state index in [1.807, 2.05) is 6.92 Å². The highest BCUT2D eigenvalue weighted by Crippen LogP contribution is 2.32. The minimum atomic E-state index is -3.01. The van der Waals surface area contributed by atoms with Crippen LogP contribution in [0, 0.1) is 5.92 Å². The topological polar surface area (TPSA) is 49.4 Å². The largest absolute Gasteiger partial charge is 0.315 e. The van der Waals surface area contributed by atoms with E-state index in [-0.39, 0.29) is 18.4 Å². The maximum absolute atomic E-state index is 12.3. The van der Waals surface area contributed by atoms with Crippen molar-refractivity contribution in [2.45, 2.75) is 38.6 Å². The summed E-state index contributed by atoms with van der Waals surface area (Å²) in [7, 11) is -3.01. The van der Waals surface area contributed by atoms with Gasteiger partial charge in [0.05, 0.1) is 5.75 Å². The Morgan fingerprint density at radius 3 is 2.47 bits per heavy atom. The predicted octanol–water partition coefficient (Wildman–Crippen LogP) is 1.22. The highest BCUT2D eigenvalue weighted by atomic mass is 35.5. The summed E-state index contributed by atoms with van der Waals surface area (Å²) in [5, 5.41) is 3.25. The molecule has 6 heteroatoms. The normalized spacial score (nSPS) is 24.9. The van der Waals surface area contributed by atoms with Crippen LogP contribution in [0.1, 0.15) is 32.6 Å². The number of nitrogens with one attached hydrogen (secondary N) is 1. The summed E-state index contributed by atoms with van der Waals surface area (Å²) in [4.78, 5) is 0. The van der Waals surface area contributed by atoms with Gasteiger partial charge in [0.2, 0.25) is 10.0 Å². The molecule has 1 saturated carbocycles. The Morgan fingerprint density at radius 2 is 2.00 bits per heavy atom. The third-order valence-corrected chi connectivity index (χ3v) is 5.47. The van der Waals surface area contributed by atoms with Gasteiger partial charge in [-0.3, -0.25) is 0 Å². The van der Waals surface area contributed by atoms with Crippen molar-refractivity contribution in [2.75, 3.05) is 25.4 Å². The summed E-state index contributed by atoms with van der Waals surface area (Å²) >= 11 is 0. The standard InChI is InChI=1S/C11H22N2O2S.ClH/c1-2-7-13(11-5-6-12-8-11)16(14,15)9-10-3-4-10;/h10-12H,2-9H2,1H3;1H. The first-order valence-electron chi connectivity index (χ1n) is 6.33. The van der Waals surface area contributed by atoms with Gasteiger partial charge in [0, 0.05) is 19.1 Å². The molecule has 2 rings (SSSR count). The van der Waals surface area contributed by atoms with Crippen molar-refractivity contribution < 1.29 is 8.42 Å². The Hall–Kier alpha value is 0.160. The van der Waals surface area contributed by atoms with Gasteiger partial charge in [-0.1, -0.05) is 6.92 Å². The Kier molecular flexibility index (Phi) is 5.70. The van der Waals surface area contributed by atoms with Crippen molar-refractivity contribution in [3.8, 4) is 0 Å². The highest BCUT2D eigenvalue weighted by Gasteiger charge is 2.35. The highest BCUT2D eigenvalue weighted by molar-refractivity contribution is 7.89. The summed E-state index contributed by atoms with van der Waals surface area (Å²) in [5.74, 6) is 0.822. The second-order valence-electron chi connectivity index (χ2n) is 4.98. The van der Waals surface area contributed by atoms with Crippen molar-refractivity contribution in [3.05, 3.63) is 0 Å². The molecular weight excluding hydrogens is 260 g/mol. The second kappa shape index (κ2) is 6.36. The van der Waals surface area contributed by atoms with Gasteiger partial charge in [-0.15, -0.1) is 12.4 Å². The Balaban J connectivity index is 0.00000144. The molecule has 0 radical (unpaired) electrons. The van der Waals surface area contributed by atoms with Crippen LogP contribution in [-0.2, 0) is 10.0 Å². The van der Waals surface area contributed by atoms with E-state index in [1.165, 1.54) is 0 Å². The van der Waals surface area contributed by atoms with Gasteiger partial charge in [0.15, 0.2) is 0 Å². The minimum Gasteiger partial charge on any atom is -0.315 e. The van der Waals surface area contributed by atoms with Crippen LogP contribution in [0.15, 0.2) is 0 Å². The fourth-order valence-electron chi connectivity index (χ4n) is 2.33. The summed E-state index contributed by atoms with van der Waals surface area (Å²) in [6.07, 6.45) is 4.06. The van der Waals surface area contributed by atoms with E-state index < -0.39 is 10.0 Å². The van der Waals surface area contributed by atoms with Crippen LogP contribution in [0.25, 0.3) is 0 Å². The van der Waals surface area contributed by atoms with E-state index in [4.69, 9.17) is 0 Å². The third-order valence-electron chi connectivity index (χ3n) is 3.39. The zero-order valence-electron chi connectivity index (χ0n) is 10.4. The first kappa shape index (κ1) is 15.2. The van der Waals surface area contributed by atoms with Crippen molar-refractivity contribution in [3.63, 3.8) is 0 Å². The van der Waals surface area contributed by atoms with E-state index in [2.05, 4.69) is 5.32 Å². The van der Waals surface area contributed by atoms with Gasteiger partial charge in [-0.2, -0.15) is 4.31 Å². The first-order valence-corrected chi connectivity index (χ1v) is 7.94. The second-order valence-corrected chi connectivity index (χ2v) is 6.95. The number of hydrogen-bond donors (Lipinski definition) is 1. The summed E-state index contributed by atoms with van der Waals surface area (Å²) in [6.45, 7) is 4.50. The van der Waals surface area contributed by atoms with Gasteiger partial charge in [-0.05, 0) is 38.1 Å². The lowest BCUT2D eigenvalue weighted by Gasteiger charge is -2.27. The van der Waals surface area contributed by atoms with Gasteiger partial charge in [-0.25, -0.2) is 8.42 Å². The van der Waals surface area contributed by atoms with Crippen LogP contribution in [0.5, 0.6) is 0 Å². The molecule has 1 N–H and O–H groups in total. The SMILES string of the molecule is CCCN(C1CCNC1)S(=O)(=O)CC1CC1.Cl. The molecule has 0 amide bonds. The molecule has 0 spiro atoms. The van der Waals surface area contributed by atoms with Crippen LogP contribution >= 0.6 is 12.4 Å². The van der Waals surface area contributed by atoms with E-state index in [9.17, 15) is 8.42 Å². The van der Waals surface area contributed by atoms with Crippen LogP contribution in [0.2, 0.25) is 0 Å². The van der Waals surface area contributed by atoms with Crippen molar-refractivity contribution >= 4 is 22.4 Å². The van der Waals surface area contributed by atoms with Crippen LogP contribution < -0.4 is 5.32 Å².